The van der Waals surface area contributed by atoms with E-state index in [0.29, 0.717) is 35.2 Å². The Labute approximate surface area is 155 Å². The molecule has 0 aliphatic heterocycles. The summed E-state index contributed by atoms with van der Waals surface area (Å²) in [5.74, 6) is 0.668. The molecular formula is C18H28Cl2N2O2. The summed E-state index contributed by atoms with van der Waals surface area (Å²) in [6, 6.07) is 5.11. The summed E-state index contributed by atoms with van der Waals surface area (Å²) in [6.07, 6.45) is 3.24. The molecule has 0 atom stereocenters. The van der Waals surface area contributed by atoms with Crippen molar-refractivity contribution in [2.75, 3.05) is 32.8 Å². The number of ether oxygens (including phenoxy) is 1. The summed E-state index contributed by atoms with van der Waals surface area (Å²) in [4.78, 5) is 14.1. The molecular weight excluding hydrogens is 347 g/mol. The van der Waals surface area contributed by atoms with E-state index in [1.807, 2.05) is 0 Å². The lowest BCUT2D eigenvalue weighted by atomic mass is 10.2. The molecule has 0 spiro atoms. The van der Waals surface area contributed by atoms with Gasteiger partial charge in [0.25, 0.3) is 0 Å². The van der Waals surface area contributed by atoms with Crippen molar-refractivity contribution < 1.29 is 9.53 Å². The second kappa shape index (κ2) is 12.4. The van der Waals surface area contributed by atoms with Crippen LogP contribution < -0.4 is 10.1 Å². The van der Waals surface area contributed by atoms with E-state index in [0.717, 1.165) is 39.0 Å². The van der Waals surface area contributed by atoms with Crippen molar-refractivity contribution >= 4 is 29.1 Å². The summed E-state index contributed by atoms with van der Waals surface area (Å²) in [6.45, 7) is 8.80. The Bertz CT molecular complexity index is 494. The highest BCUT2D eigenvalue weighted by atomic mass is 35.5. The van der Waals surface area contributed by atoms with Crippen LogP contribution in [0.15, 0.2) is 18.2 Å². The fourth-order valence-corrected chi connectivity index (χ4v) is 2.79. The Morgan fingerprint density at radius 2 is 1.92 bits per heavy atom. The second-order valence-corrected chi connectivity index (χ2v) is 6.45. The molecule has 1 aromatic carbocycles. The van der Waals surface area contributed by atoms with Gasteiger partial charge in [0, 0.05) is 18.0 Å². The third kappa shape index (κ3) is 8.76. The molecule has 6 heteroatoms. The van der Waals surface area contributed by atoms with Crippen LogP contribution in [0, 0.1) is 0 Å². The Morgan fingerprint density at radius 1 is 1.17 bits per heavy atom. The average Bonchev–Trinajstić information content (AvgIpc) is 2.56. The van der Waals surface area contributed by atoms with Gasteiger partial charge in [-0.05, 0) is 57.1 Å². The Balaban J connectivity index is 2.06. The SMILES string of the molecule is CCN(CC)CCCCNC(=O)CCCOc1ccc(Cl)cc1Cl. The monoisotopic (exact) mass is 374 g/mol. The minimum Gasteiger partial charge on any atom is -0.492 e. The maximum atomic E-state index is 11.8. The largest absolute Gasteiger partial charge is 0.492 e. The van der Waals surface area contributed by atoms with Crippen LogP contribution in [0.5, 0.6) is 5.75 Å². The minimum absolute atomic E-state index is 0.0728. The molecule has 136 valence electrons. The van der Waals surface area contributed by atoms with Gasteiger partial charge in [-0.1, -0.05) is 37.0 Å². The molecule has 0 saturated carbocycles. The first-order valence-corrected chi connectivity index (χ1v) is 9.39. The molecule has 0 aliphatic carbocycles. The molecule has 0 heterocycles. The van der Waals surface area contributed by atoms with Gasteiger partial charge < -0.3 is 15.0 Å². The predicted octanol–water partition coefficient (Wildman–Crippen LogP) is 4.39. The number of halogens is 2. The van der Waals surface area contributed by atoms with Gasteiger partial charge in [0.1, 0.15) is 5.75 Å². The molecule has 0 saturated heterocycles. The lowest BCUT2D eigenvalue weighted by Crippen LogP contribution is -2.27. The number of benzene rings is 1. The molecule has 0 aromatic heterocycles. The first-order chi connectivity index (χ1) is 11.6. The van der Waals surface area contributed by atoms with Gasteiger partial charge in [-0.2, -0.15) is 0 Å². The lowest BCUT2D eigenvalue weighted by molar-refractivity contribution is -0.121. The molecule has 0 aliphatic rings. The van der Waals surface area contributed by atoms with Crippen molar-refractivity contribution in [1.29, 1.82) is 0 Å². The molecule has 1 aromatic rings. The maximum absolute atomic E-state index is 11.8. The van der Waals surface area contributed by atoms with Gasteiger partial charge in [0.15, 0.2) is 0 Å². The summed E-state index contributed by atoms with van der Waals surface area (Å²) in [7, 11) is 0. The first-order valence-electron chi connectivity index (χ1n) is 8.63. The lowest BCUT2D eigenvalue weighted by Gasteiger charge is -2.17. The molecule has 0 unspecified atom stereocenters. The van der Waals surface area contributed by atoms with E-state index in [4.69, 9.17) is 27.9 Å². The molecule has 24 heavy (non-hydrogen) atoms. The van der Waals surface area contributed by atoms with Crippen LogP contribution in [0.2, 0.25) is 10.0 Å². The number of hydrogen-bond donors (Lipinski definition) is 1. The highest BCUT2D eigenvalue weighted by Crippen LogP contribution is 2.27. The highest BCUT2D eigenvalue weighted by molar-refractivity contribution is 6.35. The number of carbonyl (C=O) groups excluding carboxylic acids is 1. The average molecular weight is 375 g/mol. The number of rotatable bonds is 12. The van der Waals surface area contributed by atoms with Gasteiger partial charge in [-0.25, -0.2) is 0 Å². The number of nitrogens with one attached hydrogen (secondary N) is 1. The molecule has 1 amide bonds. The second-order valence-electron chi connectivity index (χ2n) is 5.61. The van der Waals surface area contributed by atoms with Crippen LogP contribution >= 0.6 is 23.2 Å². The van der Waals surface area contributed by atoms with E-state index < -0.39 is 0 Å². The minimum atomic E-state index is 0.0728. The van der Waals surface area contributed by atoms with Crippen molar-refractivity contribution in [2.45, 2.75) is 39.5 Å². The van der Waals surface area contributed by atoms with Crippen molar-refractivity contribution in [3.8, 4) is 5.75 Å². The number of amides is 1. The predicted molar refractivity (Wildman–Crippen MR) is 101 cm³/mol. The quantitative estimate of drug-likeness (QED) is 0.551. The number of hydrogen-bond acceptors (Lipinski definition) is 3. The van der Waals surface area contributed by atoms with Crippen LogP contribution in [0.3, 0.4) is 0 Å². The van der Waals surface area contributed by atoms with E-state index in [-0.39, 0.29) is 5.91 Å². The normalized spacial score (nSPS) is 10.9. The van der Waals surface area contributed by atoms with Gasteiger partial charge in [0.05, 0.1) is 11.6 Å². The molecule has 4 nitrogen and oxygen atoms in total. The maximum Gasteiger partial charge on any atom is 0.220 e. The molecule has 1 N–H and O–H groups in total. The van der Waals surface area contributed by atoms with Crippen molar-refractivity contribution in [3.05, 3.63) is 28.2 Å². The van der Waals surface area contributed by atoms with Gasteiger partial charge in [-0.3, -0.25) is 4.79 Å². The zero-order valence-corrected chi connectivity index (χ0v) is 16.1. The van der Waals surface area contributed by atoms with E-state index in [2.05, 4.69) is 24.1 Å². The van der Waals surface area contributed by atoms with E-state index in [9.17, 15) is 4.79 Å². The van der Waals surface area contributed by atoms with Gasteiger partial charge in [-0.15, -0.1) is 0 Å². The number of unbranched alkanes of at least 4 members (excludes halogenated alkanes) is 1. The summed E-state index contributed by atoms with van der Waals surface area (Å²) in [5, 5.41) is 4.02. The molecule has 1 rings (SSSR count). The summed E-state index contributed by atoms with van der Waals surface area (Å²) in [5.41, 5.74) is 0. The third-order valence-electron chi connectivity index (χ3n) is 3.82. The summed E-state index contributed by atoms with van der Waals surface area (Å²) < 4.78 is 5.56. The molecule has 0 fully saturated rings. The van der Waals surface area contributed by atoms with Gasteiger partial charge in [0.2, 0.25) is 5.91 Å². The standard InChI is InChI=1S/C18H28Cl2N2O2/c1-3-22(4-2)12-6-5-11-21-18(23)8-7-13-24-17-10-9-15(19)14-16(17)20/h9-10,14H,3-8,11-13H2,1-2H3,(H,21,23). The first kappa shape index (κ1) is 21.1. The number of nitrogens with zero attached hydrogens (tertiary/aromatic N) is 1. The van der Waals surface area contributed by atoms with E-state index >= 15 is 0 Å². The van der Waals surface area contributed by atoms with Crippen molar-refractivity contribution in [3.63, 3.8) is 0 Å². The Kier molecular flexibility index (Phi) is 10.9. The van der Waals surface area contributed by atoms with Crippen molar-refractivity contribution in [1.82, 2.24) is 10.2 Å². The smallest absolute Gasteiger partial charge is 0.220 e. The Morgan fingerprint density at radius 3 is 2.58 bits per heavy atom. The van der Waals surface area contributed by atoms with Crippen LogP contribution in [-0.4, -0.2) is 43.6 Å². The summed E-state index contributed by atoms with van der Waals surface area (Å²) >= 11 is 11.8. The highest BCUT2D eigenvalue weighted by Gasteiger charge is 2.04. The van der Waals surface area contributed by atoms with Crippen molar-refractivity contribution in [2.24, 2.45) is 0 Å². The fraction of sp³-hybridized carbons (Fsp3) is 0.611. The van der Waals surface area contributed by atoms with Crippen LogP contribution in [0.25, 0.3) is 0 Å². The van der Waals surface area contributed by atoms with E-state index in [1.54, 1.807) is 18.2 Å². The topological polar surface area (TPSA) is 41.6 Å². The molecule has 0 bridgehead atoms. The molecule has 0 radical (unpaired) electrons. The van der Waals surface area contributed by atoms with Crippen LogP contribution in [0.1, 0.15) is 39.5 Å². The zero-order chi connectivity index (χ0) is 17.8. The number of carbonyl (C=O) groups is 1. The third-order valence-corrected chi connectivity index (χ3v) is 4.35. The fourth-order valence-electron chi connectivity index (χ4n) is 2.32. The van der Waals surface area contributed by atoms with E-state index in [1.165, 1.54) is 0 Å². The Hall–Kier alpha value is -0.970. The van der Waals surface area contributed by atoms with Crippen LogP contribution in [-0.2, 0) is 4.79 Å². The van der Waals surface area contributed by atoms with Gasteiger partial charge >= 0.3 is 0 Å². The van der Waals surface area contributed by atoms with Crippen LogP contribution in [0.4, 0.5) is 0 Å². The zero-order valence-electron chi connectivity index (χ0n) is 14.6.